The summed E-state index contributed by atoms with van der Waals surface area (Å²) in [6.45, 7) is 1.74. The molecule has 1 heterocycles. The Hall–Kier alpha value is -1.75. The molecule has 5 heteroatoms. The predicted molar refractivity (Wildman–Crippen MR) is 63.4 cm³/mol. The van der Waals surface area contributed by atoms with E-state index in [-0.39, 0.29) is 6.04 Å². The fraction of sp³-hybridized carbons (Fsp3) is 0.417. The number of methoxy groups -OCH3 is 1. The van der Waals surface area contributed by atoms with Crippen LogP contribution < -0.4 is 20.1 Å². The van der Waals surface area contributed by atoms with Gasteiger partial charge in [-0.15, -0.1) is 0 Å². The third-order valence-corrected chi connectivity index (χ3v) is 2.65. The maximum atomic E-state index is 11.5. The van der Waals surface area contributed by atoms with E-state index in [0.717, 1.165) is 25.3 Å². The van der Waals surface area contributed by atoms with Crippen LogP contribution in [-0.4, -0.2) is 32.3 Å². The molecule has 5 nitrogen and oxygen atoms in total. The number of hydrogen-bond donors (Lipinski definition) is 2. The van der Waals surface area contributed by atoms with E-state index in [0.29, 0.717) is 5.75 Å². The van der Waals surface area contributed by atoms with Gasteiger partial charge in [-0.3, -0.25) is 0 Å². The zero-order valence-corrected chi connectivity index (χ0v) is 9.73. The van der Waals surface area contributed by atoms with Crippen molar-refractivity contribution >= 4 is 6.09 Å². The number of nitrogens with one attached hydrogen (secondary N) is 2. The first kappa shape index (κ1) is 11.7. The van der Waals surface area contributed by atoms with Crippen LogP contribution in [0.25, 0.3) is 0 Å². The van der Waals surface area contributed by atoms with E-state index < -0.39 is 6.09 Å². The zero-order valence-electron chi connectivity index (χ0n) is 9.73. The molecule has 1 aliphatic heterocycles. The molecule has 1 aliphatic rings. The van der Waals surface area contributed by atoms with Gasteiger partial charge in [0.2, 0.25) is 0 Å². The molecule has 1 amide bonds. The van der Waals surface area contributed by atoms with E-state index in [1.165, 1.54) is 0 Å². The Bertz CT molecular complexity index is 372. The molecule has 1 aromatic carbocycles. The fourth-order valence-electron chi connectivity index (χ4n) is 1.72. The normalized spacial score (nSPS) is 18.8. The highest BCUT2D eigenvalue weighted by Crippen LogP contribution is 2.17. The maximum Gasteiger partial charge on any atom is 0.412 e. The number of rotatable bonds is 3. The summed E-state index contributed by atoms with van der Waals surface area (Å²) in [5.41, 5.74) is 0. The van der Waals surface area contributed by atoms with Crippen LogP contribution in [0.3, 0.4) is 0 Å². The van der Waals surface area contributed by atoms with Crippen LogP contribution in [0.2, 0.25) is 0 Å². The summed E-state index contributed by atoms with van der Waals surface area (Å²) in [4.78, 5) is 11.5. The van der Waals surface area contributed by atoms with Crippen molar-refractivity contribution in [3.8, 4) is 11.5 Å². The molecule has 0 radical (unpaired) electrons. The van der Waals surface area contributed by atoms with Crippen LogP contribution in [-0.2, 0) is 0 Å². The number of carbonyl (C=O) groups excluding carboxylic acids is 1. The Balaban J connectivity index is 1.84. The minimum absolute atomic E-state index is 0.167. The van der Waals surface area contributed by atoms with Crippen LogP contribution in [0, 0.1) is 0 Å². The highest BCUT2D eigenvalue weighted by atomic mass is 16.6. The number of ether oxygens (including phenoxy) is 2. The van der Waals surface area contributed by atoms with Crippen LogP contribution in [0.5, 0.6) is 11.5 Å². The topological polar surface area (TPSA) is 59.6 Å². The number of benzene rings is 1. The molecule has 0 bridgehead atoms. The summed E-state index contributed by atoms with van der Waals surface area (Å²) in [6, 6.07) is 7.07. The molecular formula is C12H16N2O3. The first-order chi connectivity index (χ1) is 8.28. The molecular weight excluding hydrogens is 220 g/mol. The third-order valence-electron chi connectivity index (χ3n) is 2.65. The summed E-state index contributed by atoms with van der Waals surface area (Å²) >= 11 is 0. The van der Waals surface area contributed by atoms with Gasteiger partial charge in [0.25, 0.3) is 0 Å². The van der Waals surface area contributed by atoms with Gasteiger partial charge in [0.15, 0.2) is 0 Å². The van der Waals surface area contributed by atoms with E-state index in [4.69, 9.17) is 9.47 Å². The van der Waals surface area contributed by atoms with Crippen molar-refractivity contribution in [1.82, 2.24) is 10.6 Å². The molecule has 1 aromatic rings. The van der Waals surface area contributed by atoms with E-state index in [1.807, 2.05) is 0 Å². The van der Waals surface area contributed by atoms with Crippen LogP contribution >= 0.6 is 0 Å². The van der Waals surface area contributed by atoms with Gasteiger partial charge in [-0.1, -0.05) is 0 Å². The largest absolute Gasteiger partial charge is 0.497 e. The molecule has 1 unspecified atom stereocenters. The second kappa shape index (κ2) is 5.54. The second-order valence-corrected chi connectivity index (χ2v) is 3.90. The average Bonchev–Trinajstić information content (AvgIpc) is 2.82. The van der Waals surface area contributed by atoms with Crippen molar-refractivity contribution in [3.63, 3.8) is 0 Å². The fourth-order valence-corrected chi connectivity index (χ4v) is 1.72. The van der Waals surface area contributed by atoms with Gasteiger partial charge in [-0.25, -0.2) is 4.79 Å². The Morgan fingerprint density at radius 2 is 2.06 bits per heavy atom. The summed E-state index contributed by atoms with van der Waals surface area (Å²) < 4.78 is 10.2. The number of hydrogen-bond acceptors (Lipinski definition) is 4. The predicted octanol–water partition coefficient (Wildman–Crippen LogP) is 1.15. The molecule has 17 heavy (non-hydrogen) atoms. The standard InChI is InChI=1S/C12H16N2O3/c1-16-10-2-4-11(5-3-10)17-12(15)14-9-6-7-13-8-9/h2-5,9,13H,6-8H2,1H3,(H,14,15). The summed E-state index contributed by atoms with van der Waals surface area (Å²) in [5.74, 6) is 1.24. The molecule has 2 rings (SSSR count). The van der Waals surface area contributed by atoms with Crippen molar-refractivity contribution < 1.29 is 14.3 Å². The zero-order chi connectivity index (χ0) is 12.1. The van der Waals surface area contributed by atoms with Gasteiger partial charge in [0.1, 0.15) is 11.5 Å². The number of carbonyl (C=O) groups is 1. The molecule has 2 N–H and O–H groups in total. The molecule has 92 valence electrons. The minimum atomic E-state index is -0.413. The lowest BCUT2D eigenvalue weighted by Crippen LogP contribution is -2.38. The first-order valence-corrected chi connectivity index (χ1v) is 5.61. The lowest BCUT2D eigenvalue weighted by Gasteiger charge is -2.11. The highest BCUT2D eigenvalue weighted by Gasteiger charge is 2.17. The van der Waals surface area contributed by atoms with Crippen LogP contribution in [0.1, 0.15) is 6.42 Å². The Kier molecular flexibility index (Phi) is 3.82. The van der Waals surface area contributed by atoms with Gasteiger partial charge in [0.05, 0.1) is 7.11 Å². The van der Waals surface area contributed by atoms with Crippen LogP contribution in [0.4, 0.5) is 4.79 Å². The molecule has 1 fully saturated rings. The van der Waals surface area contributed by atoms with Gasteiger partial charge < -0.3 is 20.1 Å². The summed E-state index contributed by atoms with van der Waals surface area (Å²) in [7, 11) is 1.59. The quantitative estimate of drug-likeness (QED) is 0.826. The van der Waals surface area contributed by atoms with Crippen molar-refractivity contribution in [2.45, 2.75) is 12.5 Å². The second-order valence-electron chi connectivity index (χ2n) is 3.90. The van der Waals surface area contributed by atoms with E-state index in [9.17, 15) is 4.79 Å². The van der Waals surface area contributed by atoms with E-state index >= 15 is 0 Å². The van der Waals surface area contributed by atoms with E-state index in [1.54, 1.807) is 31.4 Å². The monoisotopic (exact) mass is 236 g/mol. The minimum Gasteiger partial charge on any atom is -0.497 e. The van der Waals surface area contributed by atoms with Gasteiger partial charge >= 0.3 is 6.09 Å². The smallest absolute Gasteiger partial charge is 0.412 e. The van der Waals surface area contributed by atoms with Crippen molar-refractivity contribution in [3.05, 3.63) is 24.3 Å². The Labute approximate surface area is 100 Å². The third kappa shape index (κ3) is 3.35. The molecule has 0 spiro atoms. The molecule has 1 saturated heterocycles. The lowest BCUT2D eigenvalue weighted by molar-refractivity contribution is 0.197. The SMILES string of the molecule is COc1ccc(OC(=O)NC2CCNC2)cc1. The first-order valence-electron chi connectivity index (χ1n) is 5.61. The maximum absolute atomic E-state index is 11.5. The molecule has 1 atom stereocenters. The average molecular weight is 236 g/mol. The van der Waals surface area contributed by atoms with Gasteiger partial charge in [-0.2, -0.15) is 0 Å². The summed E-state index contributed by atoms with van der Waals surface area (Å²) in [6.07, 6.45) is 0.529. The Morgan fingerprint density at radius 1 is 1.35 bits per heavy atom. The van der Waals surface area contributed by atoms with E-state index in [2.05, 4.69) is 10.6 Å². The van der Waals surface area contributed by atoms with Gasteiger partial charge in [0, 0.05) is 12.6 Å². The van der Waals surface area contributed by atoms with Crippen molar-refractivity contribution in [1.29, 1.82) is 0 Å². The van der Waals surface area contributed by atoms with Crippen molar-refractivity contribution in [2.75, 3.05) is 20.2 Å². The Morgan fingerprint density at radius 3 is 2.65 bits per heavy atom. The highest BCUT2D eigenvalue weighted by molar-refractivity contribution is 5.70. The van der Waals surface area contributed by atoms with Crippen LogP contribution in [0.15, 0.2) is 24.3 Å². The molecule has 0 aliphatic carbocycles. The van der Waals surface area contributed by atoms with Crippen molar-refractivity contribution in [2.24, 2.45) is 0 Å². The number of amides is 1. The summed E-state index contributed by atoms with van der Waals surface area (Å²) in [5, 5.41) is 5.97. The molecule has 0 aromatic heterocycles. The molecule has 0 saturated carbocycles. The van der Waals surface area contributed by atoms with Gasteiger partial charge in [-0.05, 0) is 37.2 Å². The lowest BCUT2D eigenvalue weighted by atomic mass is 10.3.